The number of fused-ring (bicyclic) bond motifs is 7. The zero-order chi connectivity index (χ0) is 39.5. The van der Waals surface area contributed by atoms with E-state index in [-0.39, 0.29) is 28.2 Å². The number of amides is 1. The number of rotatable bonds is 9. The first-order chi connectivity index (χ1) is 26.8. The maximum absolute atomic E-state index is 14.6. The van der Waals surface area contributed by atoms with Gasteiger partial charge in [-0.3, -0.25) is 10.2 Å². The zero-order valence-corrected chi connectivity index (χ0v) is 34.2. The molecule has 5 aliphatic rings. The number of nitrogens with zero attached hydrogens (tertiary/aromatic N) is 4. The van der Waals surface area contributed by atoms with Crippen LogP contribution in [0.25, 0.3) is 11.5 Å². The van der Waals surface area contributed by atoms with Crippen LogP contribution in [0.4, 0.5) is 0 Å². The molecule has 1 amide bonds. The Hall–Kier alpha value is -3.92. The normalized spacial score (nSPS) is 35.9. The lowest BCUT2D eigenvalue weighted by Crippen LogP contribution is -2.64. The highest BCUT2D eigenvalue weighted by Crippen LogP contribution is 2.73. The molecule has 1 aromatic heterocycles. The number of aliphatic hydroxyl groups is 1. The van der Waals surface area contributed by atoms with Crippen molar-refractivity contribution >= 4 is 11.7 Å². The van der Waals surface area contributed by atoms with Crippen LogP contribution < -0.4 is 11.2 Å². The van der Waals surface area contributed by atoms with Crippen molar-refractivity contribution in [2.24, 2.45) is 73.3 Å². The Labute approximate surface area is 332 Å². The maximum atomic E-state index is 14.6. The van der Waals surface area contributed by atoms with E-state index in [1.807, 2.05) is 30.3 Å². The summed E-state index contributed by atoms with van der Waals surface area (Å²) in [6, 6.07) is 15.6. The summed E-state index contributed by atoms with van der Waals surface area (Å²) < 4.78 is 6.08. The van der Waals surface area contributed by atoms with E-state index >= 15 is 0 Å². The fourth-order valence-electron chi connectivity index (χ4n) is 14.2. The Morgan fingerprint density at radius 1 is 0.929 bits per heavy atom. The number of nitrogens with one attached hydrogen (secondary N) is 2. The minimum absolute atomic E-state index is 0.0102. The average molecular weight is 762 g/mol. The van der Waals surface area contributed by atoms with Crippen molar-refractivity contribution in [3.8, 4) is 11.5 Å². The summed E-state index contributed by atoms with van der Waals surface area (Å²) in [4.78, 5) is 14.6. The SMILES string of the molecule is CCC1CCC2(C(=O)NCCc3cccc(-c4nnc(Cc5cccc(C(=N)N=NN)c5)o4)c3)CCC3C(CCC4C3(C)CCC3C(C)(C)C(O)CCC34C)C12. The molecule has 2 aromatic carbocycles. The van der Waals surface area contributed by atoms with Gasteiger partial charge in [0, 0.05) is 17.7 Å². The Kier molecular flexibility index (Phi) is 10.3. The van der Waals surface area contributed by atoms with Crippen LogP contribution >= 0.6 is 0 Å². The fourth-order valence-corrected chi connectivity index (χ4v) is 14.2. The second-order valence-electron chi connectivity index (χ2n) is 19.5. The molecule has 5 aliphatic carbocycles. The highest BCUT2D eigenvalue weighted by Gasteiger charge is 2.68. The van der Waals surface area contributed by atoms with Crippen LogP contribution in [0.1, 0.15) is 128 Å². The van der Waals surface area contributed by atoms with Crippen molar-refractivity contribution in [2.75, 3.05) is 6.54 Å². The predicted octanol–water partition coefficient (Wildman–Crippen LogP) is 9.10. The monoisotopic (exact) mass is 761 g/mol. The van der Waals surface area contributed by atoms with Crippen LogP contribution in [0.5, 0.6) is 0 Å². The second-order valence-corrected chi connectivity index (χ2v) is 19.5. The molecule has 3 aromatic rings. The number of benzene rings is 2. The lowest BCUT2D eigenvalue weighted by atomic mass is 9.36. The maximum Gasteiger partial charge on any atom is 0.247 e. The van der Waals surface area contributed by atoms with E-state index in [0.717, 1.165) is 55.2 Å². The molecule has 0 bridgehead atoms. The highest BCUT2D eigenvalue weighted by molar-refractivity contribution is 5.96. The largest absolute Gasteiger partial charge is 0.420 e. The first-order valence-corrected chi connectivity index (χ1v) is 21.5. The Bertz CT molecular complexity index is 1970. The second kappa shape index (κ2) is 14.8. The van der Waals surface area contributed by atoms with Gasteiger partial charge < -0.3 is 20.7 Å². The van der Waals surface area contributed by atoms with Crippen LogP contribution in [-0.2, 0) is 17.6 Å². The summed E-state index contributed by atoms with van der Waals surface area (Å²) in [7, 11) is 0. The molecule has 56 heavy (non-hydrogen) atoms. The quantitative estimate of drug-likeness (QED) is 0.0559. The van der Waals surface area contributed by atoms with E-state index in [4.69, 9.17) is 15.7 Å². The van der Waals surface area contributed by atoms with Crippen molar-refractivity contribution in [3.63, 3.8) is 0 Å². The molecule has 10 unspecified atom stereocenters. The van der Waals surface area contributed by atoms with Gasteiger partial charge in [-0.05, 0) is 152 Å². The number of carbonyl (C=O) groups excluding carboxylic acids is 1. The van der Waals surface area contributed by atoms with Gasteiger partial charge >= 0.3 is 0 Å². The molecule has 5 fully saturated rings. The molecular weight excluding hydrogens is 699 g/mol. The van der Waals surface area contributed by atoms with Gasteiger partial charge in [0.1, 0.15) is 0 Å². The first-order valence-electron chi connectivity index (χ1n) is 21.5. The van der Waals surface area contributed by atoms with Gasteiger partial charge in [-0.1, -0.05) is 76.6 Å². The fraction of sp³-hybridized carbons (Fsp3) is 0.652. The van der Waals surface area contributed by atoms with Crippen molar-refractivity contribution in [3.05, 3.63) is 71.1 Å². The van der Waals surface area contributed by atoms with Gasteiger partial charge in [0.15, 0.2) is 5.84 Å². The average Bonchev–Trinajstić information content (AvgIpc) is 3.82. The van der Waals surface area contributed by atoms with Crippen LogP contribution in [0.3, 0.4) is 0 Å². The number of amidine groups is 1. The lowest BCUT2D eigenvalue weighted by molar-refractivity contribution is -0.216. The third-order valence-corrected chi connectivity index (χ3v) is 16.7. The van der Waals surface area contributed by atoms with Gasteiger partial charge in [-0.25, -0.2) is 0 Å². The molecule has 10 nitrogen and oxygen atoms in total. The molecule has 8 rings (SSSR count). The minimum Gasteiger partial charge on any atom is -0.420 e. The van der Waals surface area contributed by atoms with Gasteiger partial charge in [0.25, 0.3) is 0 Å². The highest BCUT2D eigenvalue weighted by atomic mass is 16.4. The Morgan fingerprint density at radius 3 is 2.50 bits per heavy atom. The van der Waals surface area contributed by atoms with Gasteiger partial charge in [0.2, 0.25) is 17.7 Å². The smallest absolute Gasteiger partial charge is 0.247 e. The van der Waals surface area contributed by atoms with Crippen LogP contribution in [0.15, 0.2) is 63.3 Å². The lowest BCUT2D eigenvalue weighted by Gasteiger charge is -2.69. The standard InChI is InChI=1S/C46H63N7O3/c1-6-30-15-22-46(23-16-34-33(39(30)46)13-14-36-44(34,4)20-17-35-43(2,3)37(54)18-21-45(35,36)5)42(55)49-24-19-28-9-7-12-32(25-28)41-52-50-38(56-41)27-29-10-8-11-31(26-29)40(47)51-53-48/h7-12,25-26,30,33-37,39,54H,6,13-24,27H2,1-5H3,(H,49,55)(H3,47,48,51). The van der Waals surface area contributed by atoms with Crippen molar-refractivity contribution in [2.45, 2.75) is 124 Å². The van der Waals surface area contributed by atoms with E-state index in [1.165, 1.54) is 38.5 Å². The van der Waals surface area contributed by atoms with E-state index in [9.17, 15) is 9.90 Å². The van der Waals surface area contributed by atoms with Gasteiger partial charge in [-0.15, -0.1) is 15.3 Å². The summed E-state index contributed by atoms with van der Waals surface area (Å²) in [6.07, 6.45) is 13.6. The molecule has 10 atom stereocenters. The minimum atomic E-state index is -0.251. The Morgan fingerprint density at radius 2 is 1.70 bits per heavy atom. The molecule has 5 saturated carbocycles. The molecule has 10 heteroatoms. The number of hydrogen-bond donors (Lipinski definition) is 4. The molecular formula is C46H63N7O3. The van der Waals surface area contributed by atoms with Crippen molar-refractivity contribution < 1.29 is 14.3 Å². The molecule has 0 radical (unpaired) electrons. The summed E-state index contributed by atoms with van der Waals surface area (Å²) in [6.45, 7) is 12.9. The van der Waals surface area contributed by atoms with Crippen LogP contribution in [0, 0.1) is 62.6 Å². The van der Waals surface area contributed by atoms with E-state index < -0.39 is 0 Å². The third-order valence-electron chi connectivity index (χ3n) is 16.7. The Balaban J connectivity index is 0.926. The summed E-state index contributed by atoms with van der Waals surface area (Å²) in [5.74, 6) is 10.0. The predicted molar refractivity (Wildman–Crippen MR) is 217 cm³/mol. The topological polar surface area (TPSA) is 163 Å². The number of hydrogen-bond acceptors (Lipinski definition) is 7. The number of aliphatic hydroxyl groups excluding tert-OH is 1. The molecule has 300 valence electrons. The van der Waals surface area contributed by atoms with E-state index in [1.54, 1.807) is 6.07 Å². The zero-order valence-electron chi connectivity index (χ0n) is 34.2. The number of nitrogens with two attached hydrogens (primary N) is 1. The molecule has 0 spiro atoms. The summed E-state index contributed by atoms with van der Waals surface area (Å²) in [5, 5.41) is 38.0. The van der Waals surface area contributed by atoms with Gasteiger partial charge in [0.05, 0.1) is 17.9 Å². The molecule has 0 saturated heterocycles. The number of aromatic nitrogens is 2. The van der Waals surface area contributed by atoms with Crippen LogP contribution in [0.2, 0.25) is 0 Å². The molecule has 0 aliphatic heterocycles. The molecule has 5 N–H and O–H groups in total. The van der Waals surface area contributed by atoms with Gasteiger partial charge in [-0.2, -0.15) is 0 Å². The van der Waals surface area contributed by atoms with Crippen molar-refractivity contribution in [1.82, 2.24) is 15.5 Å². The first kappa shape index (κ1) is 38.9. The van der Waals surface area contributed by atoms with Crippen molar-refractivity contribution in [1.29, 1.82) is 5.41 Å². The third kappa shape index (κ3) is 6.42. The number of carbonyl (C=O) groups is 1. The molecule has 1 heterocycles. The van der Waals surface area contributed by atoms with E-state index in [2.05, 4.69) is 72.6 Å². The summed E-state index contributed by atoms with van der Waals surface area (Å²) in [5.41, 5.74) is 3.81. The van der Waals surface area contributed by atoms with Crippen LogP contribution in [-0.4, -0.2) is 39.7 Å². The summed E-state index contributed by atoms with van der Waals surface area (Å²) >= 11 is 0. The van der Waals surface area contributed by atoms with E-state index in [0.29, 0.717) is 77.1 Å².